The molecule has 0 fully saturated rings. The Morgan fingerprint density at radius 3 is 2.39 bits per heavy atom. The third-order valence-electron chi connectivity index (χ3n) is 2.81. The Bertz CT molecular complexity index is 624. The summed E-state index contributed by atoms with van der Waals surface area (Å²) in [6.45, 7) is 6.98. The van der Waals surface area contributed by atoms with E-state index in [9.17, 15) is 14.4 Å². The number of para-hydroxylation sites is 1. The van der Waals surface area contributed by atoms with Gasteiger partial charge in [0.2, 0.25) is 5.91 Å². The lowest BCUT2D eigenvalue weighted by molar-refractivity contribution is -0.139. The summed E-state index contributed by atoms with van der Waals surface area (Å²) >= 11 is 0. The Balaban J connectivity index is 2.50. The molecule has 0 atom stereocenters. The number of hydrogen-bond donors (Lipinski definition) is 3. The van der Waals surface area contributed by atoms with E-state index >= 15 is 0 Å². The van der Waals surface area contributed by atoms with Crippen molar-refractivity contribution >= 4 is 29.1 Å². The first kappa shape index (κ1) is 18.3. The summed E-state index contributed by atoms with van der Waals surface area (Å²) in [6, 6.07) is 7.27. The molecule has 3 amide bonds. The normalized spacial score (nSPS) is 11.1. The molecule has 1 aromatic carbocycles. The van der Waals surface area contributed by atoms with Crippen LogP contribution >= 0.6 is 0 Å². The van der Waals surface area contributed by atoms with Gasteiger partial charge in [0.25, 0.3) is 0 Å². The molecule has 124 valence electrons. The molecule has 0 spiro atoms. The molecule has 0 aliphatic rings. The molecule has 23 heavy (non-hydrogen) atoms. The standard InChI is InChI=1S/C16H22N4O3/c1-10(2)17-15(22)16(23)20-19-12(4)9-14(21)18-13-8-6-5-7-11(13)3/h5-8,10H,9H2,1-4H3,(H,17,22)(H,18,21)(H,20,23)/b19-12-. The van der Waals surface area contributed by atoms with Crippen LogP contribution in [0.25, 0.3) is 0 Å². The Kier molecular flexibility index (Phi) is 6.92. The first-order valence-corrected chi connectivity index (χ1v) is 7.29. The maximum absolute atomic E-state index is 11.9. The summed E-state index contributed by atoms with van der Waals surface area (Å²) in [7, 11) is 0. The number of nitrogens with zero attached hydrogens (tertiary/aromatic N) is 1. The second-order valence-corrected chi connectivity index (χ2v) is 5.46. The molecule has 1 aromatic rings. The molecule has 0 aromatic heterocycles. The van der Waals surface area contributed by atoms with Crippen LogP contribution in [-0.4, -0.2) is 29.5 Å². The maximum atomic E-state index is 11.9. The fourth-order valence-corrected chi connectivity index (χ4v) is 1.70. The SMILES string of the molecule is C/C(CC(=O)Nc1ccccc1C)=N/NC(=O)C(=O)NC(C)C. The van der Waals surface area contributed by atoms with Gasteiger partial charge in [0, 0.05) is 17.4 Å². The molecule has 0 saturated heterocycles. The van der Waals surface area contributed by atoms with Gasteiger partial charge in [-0.25, -0.2) is 5.43 Å². The van der Waals surface area contributed by atoms with Gasteiger partial charge in [0.1, 0.15) is 0 Å². The van der Waals surface area contributed by atoms with Crippen molar-refractivity contribution in [2.75, 3.05) is 5.32 Å². The van der Waals surface area contributed by atoms with Gasteiger partial charge in [-0.1, -0.05) is 18.2 Å². The van der Waals surface area contributed by atoms with E-state index in [0.717, 1.165) is 11.3 Å². The molecule has 0 aliphatic heterocycles. The van der Waals surface area contributed by atoms with Crippen molar-refractivity contribution in [3.05, 3.63) is 29.8 Å². The Labute approximate surface area is 135 Å². The van der Waals surface area contributed by atoms with E-state index in [4.69, 9.17) is 0 Å². The summed E-state index contributed by atoms with van der Waals surface area (Å²) in [4.78, 5) is 34.8. The zero-order valence-electron chi connectivity index (χ0n) is 13.8. The van der Waals surface area contributed by atoms with Crippen molar-refractivity contribution in [3.63, 3.8) is 0 Å². The molecule has 7 heteroatoms. The van der Waals surface area contributed by atoms with E-state index in [2.05, 4.69) is 21.2 Å². The molecular weight excluding hydrogens is 296 g/mol. The molecule has 0 unspecified atom stereocenters. The molecule has 3 N–H and O–H groups in total. The van der Waals surface area contributed by atoms with E-state index < -0.39 is 11.8 Å². The van der Waals surface area contributed by atoms with Crippen LogP contribution in [-0.2, 0) is 14.4 Å². The number of hydrogen-bond acceptors (Lipinski definition) is 4. The van der Waals surface area contributed by atoms with Crippen LogP contribution in [0.4, 0.5) is 5.69 Å². The van der Waals surface area contributed by atoms with Crippen molar-refractivity contribution in [2.24, 2.45) is 5.10 Å². The minimum atomic E-state index is -0.864. The summed E-state index contributed by atoms with van der Waals surface area (Å²) < 4.78 is 0. The number of carbonyl (C=O) groups excluding carboxylic acids is 3. The number of benzene rings is 1. The van der Waals surface area contributed by atoms with Gasteiger partial charge in [0.05, 0.1) is 6.42 Å². The first-order chi connectivity index (χ1) is 10.8. The number of rotatable bonds is 5. The van der Waals surface area contributed by atoms with Gasteiger partial charge in [-0.15, -0.1) is 0 Å². The Morgan fingerprint density at radius 2 is 1.78 bits per heavy atom. The van der Waals surface area contributed by atoms with Crippen molar-refractivity contribution in [2.45, 2.75) is 40.2 Å². The van der Waals surface area contributed by atoms with Crippen LogP contribution in [0.1, 0.15) is 32.8 Å². The molecule has 0 heterocycles. The van der Waals surface area contributed by atoms with Gasteiger partial charge in [-0.3, -0.25) is 14.4 Å². The highest BCUT2D eigenvalue weighted by molar-refractivity contribution is 6.35. The molecule has 0 saturated carbocycles. The van der Waals surface area contributed by atoms with Gasteiger partial charge in [-0.05, 0) is 39.3 Å². The molecule has 0 bridgehead atoms. The number of nitrogens with one attached hydrogen (secondary N) is 3. The largest absolute Gasteiger partial charge is 0.346 e. The minimum absolute atomic E-state index is 0.0143. The summed E-state index contributed by atoms with van der Waals surface area (Å²) in [5.41, 5.74) is 4.20. The molecule has 7 nitrogen and oxygen atoms in total. The van der Waals surface area contributed by atoms with Crippen molar-refractivity contribution < 1.29 is 14.4 Å². The van der Waals surface area contributed by atoms with Gasteiger partial charge in [0.15, 0.2) is 0 Å². The lowest BCUT2D eigenvalue weighted by Crippen LogP contribution is -2.41. The van der Waals surface area contributed by atoms with Crippen LogP contribution < -0.4 is 16.1 Å². The highest BCUT2D eigenvalue weighted by Crippen LogP contribution is 2.13. The van der Waals surface area contributed by atoms with Crippen LogP contribution in [0.3, 0.4) is 0 Å². The zero-order chi connectivity index (χ0) is 17.4. The molecule has 1 rings (SSSR count). The van der Waals surface area contributed by atoms with Crippen molar-refractivity contribution in [1.29, 1.82) is 0 Å². The average Bonchev–Trinajstić information content (AvgIpc) is 2.46. The van der Waals surface area contributed by atoms with E-state index in [1.165, 1.54) is 0 Å². The van der Waals surface area contributed by atoms with Crippen LogP contribution in [0.15, 0.2) is 29.4 Å². The second-order valence-electron chi connectivity index (χ2n) is 5.46. The molecular formula is C16H22N4O3. The van der Waals surface area contributed by atoms with Crippen molar-refractivity contribution in [1.82, 2.24) is 10.7 Å². The topological polar surface area (TPSA) is 99.7 Å². The zero-order valence-corrected chi connectivity index (χ0v) is 13.8. The lowest BCUT2D eigenvalue weighted by atomic mass is 10.2. The van der Waals surface area contributed by atoms with Gasteiger partial charge >= 0.3 is 11.8 Å². The quantitative estimate of drug-likeness (QED) is 0.434. The third-order valence-corrected chi connectivity index (χ3v) is 2.81. The second kappa shape index (κ2) is 8.67. The summed E-state index contributed by atoms with van der Waals surface area (Å²) in [5, 5.41) is 8.96. The number of carbonyl (C=O) groups is 3. The Morgan fingerprint density at radius 1 is 1.13 bits per heavy atom. The van der Waals surface area contributed by atoms with Gasteiger partial charge in [-0.2, -0.15) is 5.10 Å². The predicted octanol–water partition coefficient (Wildman–Crippen LogP) is 1.34. The Hall–Kier alpha value is -2.70. The predicted molar refractivity (Wildman–Crippen MR) is 89.0 cm³/mol. The third kappa shape index (κ3) is 6.73. The fourth-order valence-electron chi connectivity index (χ4n) is 1.70. The van der Waals surface area contributed by atoms with E-state index in [-0.39, 0.29) is 18.4 Å². The lowest BCUT2D eigenvalue weighted by Gasteiger charge is -2.08. The monoisotopic (exact) mass is 318 g/mol. The highest BCUT2D eigenvalue weighted by Gasteiger charge is 2.14. The average molecular weight is 318 g/mol. The number of anilines is 1. The highest BCUT2D eigenvalue weighted by atomic mass is 16.2. The van der Waals surface area contributed by atoms with Crippen LogP contribution in [0, 0.1) is 6.92 Å². The van der Waals surface area contributed by atoms with E-state index in [1.807, 2.05) is 25.1 Å². The maximum Gasteiger partial charge on any atom is 0.329 e. The van der Waals surface area contributed by atoms with E-state index in [0.29, 0.717) is 5.71 Å². The summed E-state index contributed by atoms with van der Waals surface area (Å²) in [5.74, 6) is -1.88. The molecule has 0 aliphatic carbocycles. The summed E-state index contributed by atoms with van der Waals surface area (Å²) in [6.07, 6.45) is 0.0143. The van der Waals surface area contributed by atoms with Crippen LogP contribution in [0.2, 0.25) is 0 Å². The first-order valence-electron chi connectivity index (χ1n) is 7.29. The van der Waals surface area contributed by atoms with E-state index in [1.54, 1.807) is 26.8 Å². The fraction of sp³-hybridized carbons (Fsp3) is 0.375. The number of aryl methyl sites for hydroxylation is 1. The number of hydrazone groups is 1. The smallest absolute Gasteiger partial charge is 0.329 e. The molecule has 0 radical (unpaired) electrons. The van der Waals surface area contributed by atoms with Gasteiger partial charge < -0.3 is 10.6 Å². The van der Waals surface area contributed by atoms with Crippen LogP contribution in [0.5, 0.6) is 0 Å². The minimum Gasteiger partial charge on any atom is -0.346 e. The van der Waals surface area contributed by atoms with Crippen molar-refractivity contribution in [3.8, 4) is 0 Å². The number of amides is 3.